The van der Waals surface area contributed by atoms with Crippen LogP contribution in [-0.2, 0) is 0 Å². The zero-order valence-corrected chi connectivity index (χ0v) is 12.6. The van der Waals surface area contributed by atoms with E-state index in [0.29, 0.717) is 0 Å². The zero-order chi connectivity index (χ0) is 14.5. The lowest BCUT2D eigenvalue weighted by atomic mass is 9.93. The second-order valence-corrected chi connectivity index (χ2v) is 4.97. The predicted molar refractivity (Wildman–Crippen MR) is 82.2 cm³/mol. The molecule has 0 aliphatic heterocycles. The summed E-state index contributed by atoms with van der Waals surface area (Å²) in [7, 11) is 1.69. The number of aromatic nitrogens is 1. The van der Waals surface area contributed by atoms with Gasteiger partial charge in [-0.05, 0) is 37.6 Å². The number of benzene rings is 1. The maximum Gasteiger partial charge on any atom is 0.142 e. The van der Waals surface area contributed by atoms with Crippen LogP contribution in [0.15, 0.2) is 36.7 Å². The first kappa shape index (κ1) is 14.5. The second kappa shape index (κ2) is 6.53. The number of nitrogens with one attached hydrogen (secondary N) is 1. The normalized spacial score (nSPS) is 12.2. The smallest absolute Gasteiger partial charge is 0.142 e. The lowest BCUT2D eigenvalue weighted by Gasteiger charge is -2.23. The fourth-order valence-electron chi connectivity index (χ4n) is 2.46. The third-order valence-corrected chi connectivity index (χ3v) is 3.50. The van der Waals surface area contributed by atoms with Crippen LogP contribution < -0.4 is 10.1 Å². The minimum Gasteiger partial charge on any atom is -0.495 e. The van der Waals surface area contributed by atoms with Crippen LogP contribution in [0, 0.1) is 13.8 Å². The number of pyridine rings is 1. The van der Waals surface area contributed by atoms with Gasteiger partial charge in [-0.1, -0.05) is 30.7 Å². The van der Waals surface area contributed by atoms with E-state index in [1.54, 1.807) is 13.3 Å². The quantitative estimate of drug-likeness (QED) is 0.904. The third kappa shape index (κ3) is 2.99. The van der Waals surface area contributed by atoms with Crippen LogP contribution in [0.25, 0.3) is 0 Å². The van der Waals surface area contributed by atoms with Crippen molar-refractivity contribution in [1.29, 1.82) is 0 Å². The molecule has 1 N–H and O–H groups in total. The Morgan fingerprint density at radius 3 is 2.70 bits per heavy atom. The van der Waals surface area contributed by atoms with E-state index in [1.165, 1.54) is 16.7 Å². The van der Waals surface area contributed by atoms with Crippen molar-refractivity contribution in [3.05, 3.63) is 58.9 Å². The van der Waals surface area contributed by atoms with E-state index >= 15 is 0 Å². The van der Waals surface area contributed by atoms with E-state index in [0.717, 1.165) is 17.9 Å². The minimum atomic E-state index is 0.123. The van der Waals surface area contributed by atoms with Gasteiger partial charge < -0.3 is 10.1 Å². The van der Waals surface area contributed by atoms with Crippen molar-refractivity contribution >= 4 is 0 Å². The van der Waals surface area contributed by atoms with Gasteiger partial charge in [0, 0.05) is 11.8 Å². The Kier molecular flexibility index (Phi) is 4.74. The Balaban J connectivity index is 2.53. The summed E-state index contributed by atoms with van der Waals surface area (Å²) in [5, 5.41) is 3.55. The SMILES string of the molecule is CCNC(c1cc(C)ccc1C)c1ccncc1OC. The molecule has 20 heavy (non-hydrogen) atoms. The summed E-state index contributed by atoms with van der Waals surface area (Å²) in [4.78, 5) is 4.14. The summed E-state index contributed by atoms with van der Waals surface area (Å²) in [6, 6.07) is 8.70. The van der Waals surface area contributed by atoms with Crippen LogP contribution >= 0.6 is 0 Å². The molecule has 0 aliphatic rings. The minimum absolute atomic E-state index is 0.123. The van der Waals surface area contributed by atoms with Crippen molar-refractivity contribution in [2.24, 2.45) is 0 Å². The van der Waals surface area contributed by atoms with Crippen molar-refractivity contribution in [2.45, 2.75) is 26.8 Å². The average Bonchev–Trinajstić information content (AvgIpc) is 2.47. The van der Waals surface area contributed by atoms with Crippen molar-refractivity contribution in [3.8, 4) is 5.75 Å². The molecule has 0 fully saturated rings. The summed E-state index contributed by atoms with van der Waals surface area (Å²) in [6.07, 6.45) is 3.58. The molecule has 106 valence electrons. The van der Waals surface area contributed by atoms with E-state index in [4.69, 9.17) is 4.74 Å². The van der Waals surface area contributed by atoms with Gasteiger partial charge in [0.1, 0.15) is 5.75 Å². The number of hydrogen-bond acceptors (Lipinski definition) is 3. The molecular formula is C17H22N2O. The third-order valence-electron chi connectivity index (χ3n) is 3.50. The van der Waals surface area contributed by atoms with Crippen LogP contribution in [0.2, 0.25) is 0 Å². The first-order valence-electron chi connectivity index (χ1n) is 6.95. The van der Waals surface area contributed by atoms with Crippen molar-refractivity contribution in [2.75, 3.05) is 13.7 Å². The van der Waals surface area contributed by atoms with Gasteiger partial charge in [-0.2, -0.15) is 0 Å². The first-order valence-corrected chi connectivity index (χ1v) is 6.95. The van der Waals surface area contributed by atoms with Crippen LogP contribution in [0.4, 0.5) is 0 Å². The Labute approximate surface area is 121 Å². The number of nitrogens with zero attached hydrogens (tertiary/aromatic N) is 1. The molecule has 2 aromatic rings. The van der Waals surface area contributed by atoms with E-state index in [-0.39, 0.29) is 6.04 Å². The fraction of sp³-hybridized carbons (Fsp3) is 0.353. The molecule has 3 heteroatoms. The highest BCUT2D eigenvalue weighted by Crippen LogP contribution is 2.31. The lowest BCUT2D eigenvalue weighted by Crippen LogP contribution is -2.23. The summed E-state index contributed by atoms with van der Waals surface area (Å²) >= 11 is 0. The standard InChI is InChI=1S/C17H22N2O/c1-5-19-17(14-8-9-18-11-16(14)20-4)15-10-12(2)6-7-13(15)3/h6-11,17,19H,5H2,1-4H3. The molecule has 1 atom stereocenters. The summed E-state index contributed by atoms with van der Waals surface area (Å²) in [5.74, 6) is 0.819. The van der Waals surface area contributed by atoms with E-state index in [1.807, 2.05) is 12.3 Å². The Morgan fingerprint density at radius 2 is 2.00 bits per heavy atom. The molecule has 0 spiro atoms. The Morgan fingerprint density at radius 1 is 1.20 bits per heavy atom. The topological polar surface area (TPSA) is 34.2 Å². The number of rotatable bonds is 5. The molecule has 0 radical (unpaired) electrons. The molecule has 0 bridgehead atoms. The molecule has 1 aromatic carbocycles. The largest absolute Gasteiger partial charge is 0.495 e. The molecule has 0 saturated heterocycles. The first-order chi connectivity index (χ1) is 9.67. The summed E-state index contributed by atoms with van der Waals surface area (Å²) in [5.41, 5.74) is 4.95. The van der Waals surface area contributed by atoms with Crippen LogP contribution in [-0.4, -0.2) is 18.6 Å². The summed E-state index contributed by atoms with van der Waals surface area (Å²) in [6.45, 7) is 7.28. The van der Waals surface area contributed by atoms with Gasteiger partial charge in [-0.25, -0.2) is 0 Å². The number of methoxy groups -OCH3 is 1. The highest BCUT2D eigenvalue weighted by Gasteiger charge is 2.19. The Hall–Kier alpha value is -1.87. The predicted octanol–water partition coefficient (Wildman–Crippen LogP) is 3.41. The monoisotopic (exact) mass is 270 g/mol. The molecule has 0 amide bonds. The highest BCUT2D eigenvalue weighted by molar-refractivity contribution is 5.43. The van der Waals surface area contributed by atoms with Gasteiger partial charge >= 0.3 is 0 Å². The van der Waals surface area contributed by atoms with Gasteiger partial charge in [-0.3, -0.25) is 4.98 Å². The molecule has 1 aromatic heterocycles. The van der Waals surface area contributed by atoms with Gasteiger partial charge in [0.25, 0.3) is 0 Å². The van der Waals surface area contributed by atoms with Gasteiger partial charge in [0.05, 0.1) is 19.3 Å². The Bertz CT molecular complexity index is 581. The number of hydrogen-bond donors (Lipinski definition) is 1. The van der Waals surface area contributed by atoms with Gasteiger partial charge in [0.2, 0.25) is 0 Å². The maximum atomic E-state index is 5.46. The number of aryl methyl sites for hydroxylation is 2. The second-order valence-electron chi connectivity index (χ2n) is 4.97. The fourth-order valence-corrected chi connectivity index (χ4v) is 2.46. The average molecular weight is 270 g/mol. The lowest BCUT2D eigenvalue weighted by molar-refractivity contribution is 0.402. The van der Waals surface area contributed by atoms with Gasteiger partial charge in [0.15, 0.2) is 0 Å². The molecule has 2 rings (SSSR count). The van der Waals surface area contributed by atoms with E-state index in [2.05, 4.69) is 49.3 Å². The zero-order valence-electron chi connectivity index (χ0n) is 12.6. The maximum absolute atomic E-state index is 5.46. The van der Waals surface area contributed by atoms with Crippen LogP contribution in [0.1, 0.15) is 35.2 Å². The van der Waals surface area contributed by atoms with Crippen molar-refractivity contribution < 1.29 is 4.74 Å². The van der Waals surface area contributed by atoms with Crippen LogP contribution in [0.3, 0.4) is 0 Å². The van der Waals surface area contributed by atoms with Crippen molar-refractivity contribution in [1.82, 2.24) is 10.3 Å². The molecule has 1 unspecified atom stereocenters. The van der Waals surface area contributed by atoms with Crippen LogP contribution in [0.5, 0.6) is 5.75 Å². The molecule has 1 heterocycles. The van der Waals surface area contributed by atoms with E-state index in [9.17, 15) is 0 Å². The molecular weight excluding hydrogens is 248 g/mol. The summed E-state index contributed by atoms with van der Waals surface area (Å²) < 4.78 is 5.46. The van der Waals surface area contributed by atoms with Crippen molar-refractivity contribution in [3.63, 3.8) is 0 Å². The van der Waals surface area contributed by atoms with E-state index < -0.39 is 0 Å². The molecule has 0 saturated carbocycles. The molecule has 3 nitrogen and oxygen atoms in total. The highest BCUT2D eigenvalue weighted by atomic mass is 16.5. The van der Waals surface area contributed by atoms with Gasteiger partial charge in [-0.15, -0.1) is 0 Å². The molecule has 0 aliphatic carbocycles. The number of ether oxygens (including phenoxy) is 1.